The van der Waals surface area contributed by atoms with Crippen LogP contribution in [-0.4, -0.2) is 17.8 Å². The molecule has 1 N–H and O–H groups in total. The molecule has 2 aromatic rings. The van der Waals surface area contributed by atoms with Crippen LogP contribution in [0.4, 0.5) is 0 Å². The highest BCUT2D eigenvalue weighted by Crippen LogP contribution is 2.29. The van der Waals surface area contributed by atoms with E-state index in [1.807, 2.05) is 24.3 Å². The van der Waals surface area contributed by atoms with Crippen molar-refractivity contribution in [1.29, 1.82) is 0 Å². The van der Waals surface area contributed by atoms with Crippen molar-refractivity contribution in [3.8, 4) is 5.75 Å². The van der Waals surface area contributed by atoms with E-state index in [1.165, 1.54) is 29.5 Å². The second-order valence-electron chi connectivity index (χ2n) is 6.09. The molecule has 1 atom stereocenters. The maximum Gasteiger partial charge on any atom is 0.122 e. The Morgan fingerprint density at radius 2 is 1.77 bits per heavy atom. The third kappa shape index (κ3) is 3.89. The van der Waals surface area contributed by atoms with Crippen LogP contribution in [0.1, 0.15) is 36.0 Å². The normalized spacial score (nSPS) is 15.1. The van der Waals surface area contributed by atoms with E-state index >= 15 is 0 Å². The van der Waals surface area contributed by atoms with E-state index in [0.29, 0.717) is 6.61 Å². The summed E-state index contributed by atoms with van der Waals surface area (Å²) in [5.74, 6) is 0.968. The number of benzene rings is 2. The molecule has 0 spiro atoms. The quantitative estimate of drug-likeness (QED) is 0.875. The summed E-state index contributed by atoms with van der Waals surface area (Å²) >= 11 is 0. The van der Waals surface area contributed by atoms with E-state index < -0.39 is 6.10 Å². The molecule has 2 aromatic carbocycles. The number of aryl methyl sites for hydroxylation is 2. The molecule has 1 aliphatic carbocycles. The van der Waals surface area contributed by atoms with Gasteiger partial charge in [0.2, 0.25) is 0 Å². The topological polar surface area (TPSA) is 29.5 Å². The second-order valence-corrected chi connectivity index (χ2v) is 6.09. The van der Waals surface area contributed by atoms with E-state index in [2.05, 4.69) is 24.3 Å². The van der Waals surface area contributed by atoms with Crippen LogP contribution in [0.2, 0.25) is 0 Å². The molecule has 116 valence electrons. The molecule has 1 unspecified atom stereocenters. The first-order valence-electron chi connectivity index (χ1n) is 8.28. The summed E-state index contributed by atoms with van der Waals surface area (Å²) in [7, 11) is 0. The van der Waals surface area contributed by atoms with Gasteiger partial charge in [0.05, 0.1) is 6.10 Å². The number of aliphatic hydroxyl groups excluding tert-OH is 1. The van der Waals surface area contributed by atoms with Crippen molar-refractivity contribution < 1.29 is 9.84 Å². The summed E-state index contributed by atoms with van der Waals surface area (Å²) in [6, 6.07) is 16.6. The van der Waals surface area contributed by atoms with E-state index in [0.717, 1.165) is 31.4 Å². The van der Waals surface area contributed by atoms with Crippen molar-refractivity contribution in [1.82, 2.24) is 0 Å². The van der Waals surface area contributed by atoms with Crippen molar-refractivity contribution in [2.75, 3.05) is 6.61 Å². The zero-order valence-corrected chi connectivity index (χ0v) is 13.0. The van der Waals surface area contributed by atoms with E-state index in [1.54, 1.807) is 0 Å². The average molecular weight is 296 g/mol. The third-order valence-electron chi connectivity index (χ3n) is 4.39. The predicted molar refractivity (Wildman–Crippen MR) is 89.3 cm³/mol. The molecular formula is C20H24O2. The van der Waals surface area contributed by atoms with Crippen LogP contribution >= 0.6 is 0 Å². The molecule has 0 aliphatic heterocycles. The maximum absolute atomic E-state index is 10.2. The minimum Gasteiger partial charge on any atom is -0.491 e. The van der Waals surface area contributed by atoms with E-state index in [4.69, 9.17) is 4.74 Å². The molecule has 0 amide bonds. The lowest BCUT2D eigenvalue weighted by atomic mass is 9.91. The first-order valence-corrected chi connectivity index (χ1v) is 8.28. The molecule has 1 aliphatic rings. The van der Waals surface area contributed by atoms with Crippen molar-refractivity contribution in [3.05, 3.63) is 65.2 Å². The Bertz CT molecular complexity index is 592. The van der Waals surface area contributed by atoms with Crippen LogP contribution in [-0.2, 0) is 19.3 Å². The summed E-state index contributed by atoms with van der Waals surface area (Å²) in [5.41, 5.74) is 4.03. The molecule has 3 rings (SSSR count). The third-order valence-corrected chi connectivity index (χ3v) is 4.39. The van der Waals surface area contributed by atoms with E-state index in [-0.39, 0.29) is 0 Å². The summed E-state index contributed by atoms with van der Waals surface area (Å²) in [6.45, 7) is 0.378. The van der Waals surface area contributed by atoms with Gasteiger partial charge in [0.1, 0.15) is 12.4 Å². The minimum absolute atomic E-state index is 0.378. The van der Waals surface area contributed by atoms with Crippen LogP contribution < -0.4 is 4.74 Å². The fourth-order valence-corrected chi connectivity index (χ4v) is 3.13. The number of aliphatic hydroxyl groups is 1. The highest BCUT2D eigenvalue weighted by Gasteiger charge is 2.14. The largest absolute Gasteiger partial charge is 0.491 e. The molecule has 0 bridgehead atoms. The number of rotatable bonds is 6. The fourth-order valence-electron chi connectivity index (χ4n) is 3.13. The summed E-state index contributed by atoms with van der Waals surface area (Å²) in [6.07, 6.45) is 5.98. The molecule has 0 saturated heterocycles. The van der Waals surface area contributed by atoms with Crippen LogP contribution in [0.5, 0.6) is 5.75 Å². The number of hydrogen-bond acceptors (Lipinski definition) is 2. The Kier molecular flexibility index (Phi) is 5.12. The lowest BCUT2D eigenvalue weighted by molar-refractivity contribution is 0.0996. The van der Waals surface area contributed by atoms with Crippen molar-refractivity contribution in [2.24, 2.45) is 0 Å². The van der Waals surface area contributed by atoms with Crippen LogP contribution in [0.25, 0.3) is 0 Å². The van der Waals surface area contributed by atoms with Crippen molar-refractivity contribution in [2.45, 2.75) is 44.6 Å². The smallest absolute Gasteiger partial charge is 0.122 e. The number of fused-ring (bicyclic) bond motifs is 1. The van der Waals surface area contributed by atoms with Gasteiger partial charge >= 0.3 is 0 Å². The first-order chi connectivity index (χ1) is 10.8. The zero-order valence-electron chi connectivity index (χ0n) is 13.0. The molecule has 2 nitrogen and oxygen atoms in total. The Morgan fingerprint density at radius 3 is 2.64 bits per heavy atom. The molecule has 0 aromatic heterocycles. The number of ether oxygens (including phenoxy) is 1. The molecule has 2 heteroatoms. The molecule has 0 heterocycles. The van der Waals surface area contributed by atoms with Gasteiger partial charge in [-0.3, -0.25) is 0 Å². The molecule has 22 heavy (non-hydrogen) atoms. The molecule has 0 fully saturated rings. The lowest BCUT2D eigenvalue weighted by Gasteiger charge is -2.20. The Labute approximate surface area is 132 Å². The highest BCUT2D eigenvalue weighted by atomic mass is 16.5. The zero-order chi connectivity index (χ0) is 15.2. The standard InChI is InChI=1S/C20H24O2/c21-18(14-13-16-7-2-1-3-8-16)15-22-20-12-6-10-17-9-4-5-11-19(17)20/h1-3,6-8,10,12,18,21H,4-5,9,11,13-15H2. The van der Waals surface area contributed by atoms with Gasteiger partial charge in [-0.2, -0.15) is 0 Å². The predicted octanol–water partition coefficient (Wildman–Crippen LogP) is 3.94. The molecule has 0 saturated carbocycles. The maximum atomic E-state index is 10.2. The van der Waals surface area contributed by atoms with Gasteiger partial charge in [-0.15, -0.1) is 0 Å². The second kappa shape index (κ2) is 7.46. The van der Waals surface area contributed by atoms with Gasteiger partial charge in [-0.1, -0.05) is 42.5 Å². The van der Waals surface area contributed by atoms with Gasteiger partial charge < -0.3 is 9.84 Å². The van der Waals surface area contributed by atoms with Gasteiger partial charge in [-0.05, 0) is 61.3 Å². The monoisotopic (exact) mass is 296 g/mol. The fraction of sp³-hybridized carbons (Fsp3) is 0.400. The lowest BCUT2D eigenvalue weighted by Crippen LogP contribution is -2.19. The summed E-state index contributed by atoms with van der Waals surface area (Å²) < 4.78 is 5.90. The Balaban J connectivity index is 1.52. The molecular weight excluding hydrogens is 272 g/mol. The van der Waals surface area contributed by atoms with Gasteiger partial charge in [-0.25, -0.2) is 0 Å². The summed E-state index contributed by atoms with van der Waals surface area (Å²) in [5, 5.41) is 10.2. The Hall–Kier alpha value is -1.80. The van der Waals surface area contributed by atoms with Crippen molar-refractivity contribution in [3.63, 3.8) is 0 Å². The van der Waals surface area contributed by atoms with Crippen LogP contribution in [0.15, 0.2) is 48.5 Å². The van der Waals surface area contributed by atoms with Crippen LogP contribution in [0.3, 0.4) is 0 Å². The van der Waals surface area contributed by atoms with Crippen LogP contribution in [0, 0.1) is 0 Å². The van der Waals surface area contributed by atoms with E-state index in [9.17, 15) is 5.11 Å². The minimum atomic E-state index is -0.417. The van der Waals surface area contributed by atoms with Crippen molar-refractivity contribution >= 4 is 0 Å². The summed E-state index contributed by atoms with van der Waals surface area (Å²) in [4.78, 5) is 0. The first kappa shape index (κ1) is 15.1. The average Bonchev–Trinajstić information content (AvgIpc) is 2.59. The molecule has 0 radical (unpaired) electrons. The van der Waals surface area contributed by atoms with Gasteiger partial charge in [0, 0.05) is 0 Å². The van der Waals surface area contributed by atoms with Gasteiger partial charge in [0.15, 0.2) is 0 Å². The highest BCUT2D eigenvalue weighted by molar-refractivity contribution is 5.41. The number of hydrogen-bond donors (Lipinski definition) is 1. The Morgan fingerprint density at radius 1 is 0.955 bits per heavy atom. The SMILES string of the molecule is OC(CCc1ccccc1)COc1cccc2c1CCCC2. The van der Waals surface area contributed by atoms with Gasteiger partial charge in [0.25, 0.3) is 0 Å².